The highest BCUT2D eigenvalue weighted by atomic mass is 16.5. The Bertz CT molecular complexity index is 829. The zero-order valence-corrected chi connectivity index (χ0v) is 13.9. The van der Waals surface area contributed by atoms with E-state index in [0.29, 0.717) is 11.3 Å². The van der Waals surface area contributed by atoms with Crippen LogP contribution in [-0.4, -0.2) is 29.2 Å². The molecule has 2 aromatic rings. The molecule has 1 aliphatic heterocycles. The van der Waals surface area contributed by atoms with Gasteiger partial charge in [0.2, 0.25) is 0 Å². The quantitative estimate of drug-likeness (QED) is 0.664. The molecule has 1 aliphatic rings. The summed E-state index contributed by atoms with van der Waals surface area (Å²) in [6.07, 6.45) is 1.27. The lowest BCUT2D eigenvalue weighted by Gasteiger charge is -2.35. The number of amides is 1. The molecule has 2 aromatic carbocycles. The second kappa shape index (κ2) is 6.91. The number of para-hydroxylation sites is 1. The number of hydrogen-bond acceptors (Lipinski definition) is 4. The Hall–Kier alpha value is -2.92. The Morgan fingerprint density at radius 3 is 2.56 bits per heavy atom. The average Bonchev–Trinajstić information content (AvgIpc) is 2.60. The van der Waals surface area contributed by atoms with Crippen LogP contribution in [0, 0.1) is 0 Å². The molecular weight excluding hydrogens is 318 g/mol. The molecule has 0 aliphatic carbocycles. The fraction of sp³-hybridized carbons (Fsp3) is 0.200. The molecule has 2 N–H and O–H groups in total. The van der Waals surface area contributed by atoms with Gasteiger partial charge in [-0.05, 0) is 18.6 Å². The van der Waals surface area contributed by atoms with Gasteiger partial charge in [-0.15, -0.1) is 0 Å². The van der Waals surface area contributed by atoms with Crippen molar-refractivity contribution in [1.82, 2.24) is 0 Å². The van der Waals surface area contributed by atoms with Gasteiger partial charge in [0.25, 0.3) is 5.91 Å². The van der Waals surface area contributed by atoms with Crippen molar-refractivity contribution in [2.24, 2.45) is 0 Å². The number of fused-ring (bicyclic) bond motifs is 1. The van der Waals surface area contributed by atoms with E-state index < -0.39 is 17.5 Å². The Morgan fingerprint density at radius 1 is 1.16 bits per heavy atom. The Labute approximate surface area is 145 Å². The number of hydrogen-bond donors (Lipinski definition) is 2. The topological polar surface area (TPSA) is 75.6 Å². The molecule has 5 heteroatoms. The molecule has 0 aromatic heterocycles. The maximum atomic E-state index is 12.7. The molecule has 0 saturated carbocycles. The molecule has 1 amide bonds. The first-order valence-corrected chi connectivity index (χ1v) is 8.10. The highest BCUT2D eigenvalue weighted by Gasteiger charge is 2.45. The zero-order valence-electron chi connectivity index (χ0n) is 13.9. The number of anilines is 1. The highest BCUT2D eigenvalue weighted by Crippen LogP contribution is 2.39. The van der Waals surface area contributed by atoms with Crippen LogP contribution in [0.3, 0.4) is 0 Å². The van der Waals surface area contributed by atoms with Crippen molar-refractivity contribution in [1.29, 1.82) is 0 Å². The summed E-state index contributed by atoms with van der Waals surface area (Å²) in [5.41, 5.74) is 0.334. The molecule has 5 nitrogen and oxygen atoms in total. The minimum atomic E-state index is -1.86. The van der Waals surface area contributed by atoms with Crippen molar-refractivity contribution < 1.29 is 19.4 Å². The van der Waals surface area contributed by atoms with Crippen molar-refractivity contribution in [3.63, 3.8) is 0 Å². The molecule has 0 saturated heterocycles. The Kier molecular flexibility index (Phi) is 4.67. The van der Waals surface area contributed by atoms with Crippen LogP contribution >= 0.6 is 0 Å². The van der Waals surface area contributed by atoms with Crippen LogP contribution in [0.15, 0.2) is 60.7 Å². The summed E-state index contributed by atoms with van der Waals surface area (Å²) in [5, 5.41) is 14.0. The number of carbonyl (C=O) groups excluding carboxylic acids is 2. The van der Waals surface area contributed by atoms with E-state index in [9.17, 15) is 14.7 Å². The van der Waals surface area contributed by atoms with Crippen LogP contribution in [0.1, 0.15) is 18.1 Å². The molecular formula is C20H19NO4. The first-order valence-electron chi connectivity index (χ1n) is 8.10. The summed E-state index contributed by atoms with van der Waals surface area (Å²) in [6.45, 7) is 1.92. The molecule has 1 heterocycles. The first-order chi connectivity index (χ1) is 12.0. The second-order valence-corrected chi connectivity index (χ2v) is 5.83. The van der Waals surface area contributed by atoms with E-state index in [1.165, 1.54) is 6.08 Å². The number of ether oxygens (including phenoxy) is 1. The van der Waals surface area contributed by atoms with Gasteiger partial charge >= 0.3 is 5.97 Å². The summed E-state index contributed by atoms with van der Waals surface area (Å²) < 4.78 is 4.98. The Balaban J connectivity index is 2.11. The van der Waals surface area contributed by atoms with E-state index in [4.69, 9.17) is 4.74 Å². The number of benzene rings is 2. The van der Waals surface area contributed by atoms with E-state index in [1.54, 1.807) is 31.2 Å². The third kappa shape index (κ3) is 3.32. The first kappa shape index (κ1) is 16.9. The van der Waals surface area contributed by atoms with E-state index in [-0.39, 0.29) is 18.6 Å². The van der Waals surface area contributed by atoms with Crippen molar-refractivity contribution >= 4 is 23.1 Å². The number of carbonyl (C=O) groups is 2. The summed E-state index contributed by atoms with van der Waals surface area (Å²) in [7, 11) is 0. The number of aliphatic hydroxyl groups is 1. The molecule has 128 valence electrons. The van der Waals surface area contributed by atoms with E-state index in [1.807, 2.05) is 30.3 Å². The second-order valence-electron chi connectivity index (χ2n) is 5.83. The smallest absolute Gasteiger partial charge is 0.331 e. The molecule has 1 unspecified atom stereocenters. The minimum absolute atomic E-state index is 0.0548. The normalized spacial score (nSPS) is 20.7. The van der Waals surface area contributed by atoms with E-state index >= 15 is 0 Å². The lowest BCUT2D eigenvalue weighted by atomic mass is 9.79. The maximum Gasteiger partial charge on any atom is 0.331 e. The number of nitrogens with one attached hydrogen (secondary N) is 1. The van der Waals surface area contributed by atoms with E-state index in [2.05, 4.69) is 5.32 Å². The predicted octanol–water partition coefficient (Wildman–Crippen LogP) is 2.56. The molecule has 0 radical (unpaired) electrons. The monoisotopic (exact) mass is 337 g/mol. The van der Waals surface area contributed by atoms with Gasteiger partial charge in [0.1, 0.15) is 0 Å². The van der Waals surface area contributed by atoms with Crippen molar-refractivity contribution in [3.05, 3.63) is 71.8 Å². The van der Waals surface area contributed by atoms with Crippen LogP contribution in [0.5, 0.6) is 0 Å². The van der Waals surface area contributed by atoms with Gasteiger partial charge in [-0.1, -0.05) is 48.5 Å². The van der Waals surface area contributed by atoms with Gasteiger partial charge in [0, 0.05) is 29.3 Å². The van der Waals surface area contributed by atoms with Crippen LogP contribution in [0.4, 0.5) is 5.69 Å². The van der Waals surface area contributed by atoms with Gasteiger partial charge in [-0.2, -0.15) is 0 Å². The standard InChI is InChI=1S/C20H19NO4/c1-2-25-18(22)12-16-15-10-6-7-11-17(15)21-19(23)20(16,24)13-14-8-4-3-5-9-14/h3-12,24H,2,13H2,1H3,(H,21,23)/b16-12-. The Morgan fingerprint density at radius 2 is 1.84 bits per heavy atom. The lowest BCUT2D eigenvalue weighted by molar-refractivity contribution is -0.137. The van der Waals surface area contributed by atoms with Gasteiger partial charge in [-0.3, -0.25) is 4.79 Å². The van der Waals surface area contributed by atoms with Gasteiger partial charge in [-0.25, -0.2) is 4.79 Å². The SMILES string of the molecule is CCOC(=O)/C=C1/c2ccccc2NC(=O)C1(O)Cc1ccccc1. The van der Waals surface area contributed by atoms with Gasteiger partial charge in [0.15, 0.2) is 5.60 Å². The van der Waals surface area contributed by atoms with Crippen LogP contribution < -0.4 is 5.32 Å². The summed E-state index contributed by atoms with van der Waals surface area (Å²) in [4.78, 5) is 24.7. The fourth-order valence-corrected chi connectivity index (χ4v) is 2.96. The molecule has 25 heavy (non-hydrogen) atoms. The average molecular weight is 337 g/mol. The van der Waals surface area contributed by atoms with Gasteiger partial charge < -0.3 is 15.2 Å². The third-order valence-electron chi connectivity index (χ3n) is 4.14. The highest BCUT2D eigenvalue weighted by molar-refractivity contribution is 6.15. The van der Waals surface area contributed by atoms with Crippen LogP contribution in [0.25, 0.3) is 5.57 Å². The molecule has 0 spiro atoms. The predicted molar refractivity (Wildman–Crippen MR) is 94.8 cm³/mol. The van der Waals surface area contributed by atoms with Crippen molar-refractivity contribution in [2.45, 2.75) is 18.9 Å². The van der Waals surface area contributed by atoms with Crippen molar-refractivity contribution in [3.8, 4) is 0 Å². The minimum Gasteiger partial charge on any atom is -0.463 e. The largest absolute Gasteiger partial charge is 0.463 e. The molecule has 3 rings (SSSR count). The number of rotatable bonds is 4. The lowest BCUT2D eigenvalue weighted by Crippen LogP contribution is -2.49. The third-order valence-corrected chi connectivity index (χ3v) is 4.14. The maximum absolute atomic E-state index is 12.7. The summed E-state index contributed by atoms with van der Waals surface area (Å²) >= 11 is 0. The summed E-state index contributed by atoms with van der Waals surface area (Å²) in [5.74, 6) is -1.15. The summed E-state index contributed by atoms with van der Waals surface area (Å²) in [6, 6.07) is 16.2. The van der Waals surface area contributed by atoms with E-state index in [0.717, 1.165) is 5.56 Å². The van der Waals surface area contributed by atoms with Crippen molar-refractivity contribution in [2.75, 3.05) is 11.9 Å². The van der Waals surface area contributed by atoms with Crippen LogP contribution in [0.2, 0.25) is 0 Å². The van der Waals surface area contributed by atoms with Crippen LogP contribution in [-0.2, 0) is 20.7 Å². The zero-order chi connectivity index (χ0) is 17.9. The molecule has 0 bridgehead atoms. The number of esters is 1. The molecule has 1 atom stereocenters. The fourth-order valence-electron chi connectivity index (χ4n) is 2.96. The molecule has 0 fully saturated rings. The van der Waals surface area contributed by atoms with Gasteiger partial charge in [0.05, 0.1) is 6.61 Å².